The molecule has 1 aromatic carbocycles. The Morgan fingerprint density at radius 2 is 2.16 bits per heavy atom. The Morgan fingerprint density at radius 3 is 2.84 bits per heavy atom. The number of nitrogens with two attached hydrogens (primary N) is 1. The van der Waals surface area contributed by atoms with Gasteiger partial charge in [0, 0.05) is 11.1 Å². The molecule has 3 rings (SSSR count). The first kappa shape index (κ1) is 12.2. The predicted octanol–water partition coefficient (Wildman–Crippen LogP) is 1.37. The summed E-state index contributed by atoms with van der Waals surface area (Å²) in [6.07, 6.45) is 2.14. The van der Waals surface area contributed by atoms with Crippen molar-refractivity contribution in [2.75, 3.05) is 13.1 Å². The van der Waals surface area contributed by atoms with Crippen LogP contribution in [0.1, 0.15) is 34.9 Å². The van der Waals surface area contributed by atoms with Crippen LogP contribution < -0.4 is 11.1 Å². The Hall–Kier alpha value is -1.88. The number of amides is 1. The van der Waals surface area contributed by atoms with Crippen LogP contribution in [0, 0.1) is 6.92 Å². The molecule has 0 bridgehead atoms. The second-order valence-electron chi connectivity index (χ2n) is 5.08. The highest BCUT2D eigenvalue weighted by atomic mass is 16.1. The van der Waals surface area contributed by atoms with Gasteiger partial charge in [-0.2, -0.15) is 5.10 Å². The number of benzene rings is 1. The summed E-state index contributed by atoms with van der Waals surface area (Å²) in [6.45, 7) is 4.09. The summed E-state index contributed by atoms with van der Waals surface area (Å²) in [6, 6.07) is 6.02. The molecule has 1 amide bonds. The Kier molecular flexibility index (Phi) is 2.98. The van der Waals surface area contributed by atoms with E-state index in [-0.39, 0.29) is 0 Å². The fourth-order valence-corrected chi connectivity index (χ4v) is 2.85. The normalized spacial score (nSPS) is 16.9. The number of nitrogens with one attached hydrogen (secondary N) is 1. The van der Waals surface area contributed by atoms with Crippen molar-refractivity contribution >= 4 is 16.8 Å². The van der Waals surface area contributed by atoms with Crippen molar-refractivity contribution in [3.8, 4) is 0 Å². The van der Waals surface area contributed by atoms with Crippen molar-refractivity contribution in [1.82, 2.24) is 15.1 Å². The number of primary amides is 1. The zero-order valence-corrected chi connectivity index (χ0v) is 11.0. The lowest BCUT2D eigenvalue weighted by molar-refractivity contribution is 0.100. The Labute approximate surface area is 111 Å². The van der Waals surface area contributed by atoms with Crippen LogP contribution >= 0.6 is 0 Å². The molecule has 1 aromatic heterocycles. The summed E-state index contributed by atoms with van der Waals surface area (Å²) in [4.78, 5) is 11.5. The third kappa shape index (κ3) is 2.00. The van der Waals surface area contributed by atoms with Crippen LogP contribution in [0.3, 0.4) is 0 Å². The lowest BCUT2D eigenvalue weighted by atomic mass is 10.1. The van der Waals surface area contributed by atoms with E-state index in [1.807, 2.05) is 12.1 Å². The fourth-order valence-electron chi connectivity index (χ4n) is 2.85. The quantitative estimate of drug-likeness (QED) is 0.854. The van der Waals surface area contributed by atoms with Gasteiger partial charge < -0.3 is 11.1 Å². The summed E-state index contributed by atoms with van der Waals surface area (Å²) in [5.41, 5.74) is 7.77. The smallest absolute Gasteiger partial charge is 0.250 e. The molecule has 0 radical (unpaired) electrons. The van der Waals surface area contributed by atoms with Crippen molar-refractivity contribution in [1.29, 1.82) is 0 Å². The molecule has 0 aliphatic carbocycles. The Morgan fingerprint density at radius 1 is 1.42 bits per heavy atom. The van der Waals surface area contributed by atoms with Crippen LogP contribution in [0.2, 0.25) is 0 Å². The molecular formula is C14H18N4O. The van der Waals surface area contributed by atoms with Crippen LogP contribution in [-0.4, -0.2) is 28.8 Å². The van der Waals surface area contributed by atoms with Gasteiger partial charge in [0.25, 0.3) is 5.91 Å². The molecular weight excluding hydrogens is 240 g/mol. The number of hydrogen-bond acceptors (Lipinski definition) is 3. The summed E-state index contributed by atoms with van der Waals surface area (Å²) >= 11 is 0. The van der Waals surface area contributed by atoms with Gasteiger partial charge in [-0.25, -0.2) is 0 Å². The van der Waals surface area contributed by atoms with E-state index in [2.05, 4.69) is 22.0 Å². The molecule has 100 valence electrons. The van der Waals surface area contributed by atoms with Crippen molar-refractivity contribution in [3.05, 3.63) is 29.5 Å². The van der Waals surface area contributed by atoms with E-state index in [1.165, 1.54) is 0 Å². The van der Waals surface area contributed by atoms with Crippen LogP contribution in [0.4, 0.5) is 0 Å². The van der Waals surface area contributed by atoms with E-state index in [0.29, 0.717) is 11.6 Å². The summed E-state index contributed by atoms with van der Waals surface area (Å²) in [5.74, 6) is -0.416. The predicted molar refractivity (Wildman–Crippen MR) is 74.1 cm³/mol. The maximum Gasteiger partial charge on any atom is 0.250 e. The third-order valence-corrected chi connectivity index (χ3v) is 3.90. The zero-order valence-electron chi connectivity index (χ0n) is 11.0. The van der Waals surface area contributed by atoms with Gasteiger partial charge in [0.15, 0.2) is 0 Å². The van der Waals surface area contributed by atoms with E-state index in [4.69, 9.17) is 5.73 Å². The van der Waals surface area contributed by atoms with Crippen molar-refractivity contribution < 1.29 is 4.79 Å². The third-order valence-electron chi connectivity index (χ3n) is 3.90. The molecule has 5 heteroatoms. The number of carbonyl (C=O) groups excluding carboxylic acids is 1. The molecule has 1 aliphatic rings. The molecule has 19 heavy (non-hydrogen) atoms. The van der Waals surface area contributed by atoms with Gasteiger partial charge in [-0.1, -0.05) is 12.1 Å². The molecule has 5 nitrogen and oxygen atoms in total. The van der Waals surface area contributed by atoms with Crippen molar-refractivity contribution in [2.45, 2.75) is 25.8 Å². The molecule has 2 heterocycles. The summed E-state index contributed by atoms with van der Waals surface area (Å²) in [7, 11) is 0. The number of fused-ring (bicyclic) bond motifs is 1. The first-order chi connectivity index (χ1) is 9.18. The van der Waals surface area contributed by atoms with E-state index >= 15 is 0 Å². The highest BCUT2D eigenvalue weighted by Gasteiger charge is 2.20. The van der Waals surface area contributed by atoms with Crippen LogP contribution in [0.15, 0.2) is 18.2 Å². The summed E-state index contributed by atoms with van der Waals surface area (Å²) in [5, 5.41) is 9.02. The number of rotatable bonds is 2. The number of nitrogens with zero attached hydrogens (tertiary/aromatic N) is 2. The Bertz CT molecular complexity index is 626. The van der Waals surface area contributed by atoms with Gasteiger partial charge >= 0.3 is 0 Å². The van der Waals surface area contributed by atoms with E-state index in [9.17, 15) is 4.79 Å². The molecule has 1 aliphatic heterocycles. The number of aromatic nitrogens is 2. The van der Waals surface area contributed by atoms with Gasteiger partial charge in [-0.05, 0) is 38.9 Å². The molecule has 2 aromatic rings. The average Bonchev–Trinajstić information content (AvgIpc) is 2.77. The molecule has 0 atom stereocenters. The van der Waals surface area contributed by atoms with Crippen LogP contribution in [0.25, 0.3) is 10.9 Å². The number of aryl methyl sites for hydroxylation is 1. The number of piperidine rings is 1. The van der Waals surface area contributed by atoms with E-state index < -0.39 is 5.91 Å². The van der Waals surface area contributed by atoms with E-state index in [1.54, 1.807) is 6.07 Å². The molecule has 1 fully saturated rings. The topological polar surface area (TPSA) is 72.9 Å². The van der Waals surface area contributed by atoms with Gasteiger partial charge in [0.2, 0.25) is 0 Å². The van der Waals surface area contributed by atoms with Gasteiger partial charge in [0.05, 0.1) is 11.6 Å². The van der Waals surface area contributed by atoms with Gasteiger partial charge in [-0.15, -0.1) is 0 Å². The van der Waals surface area contributed by atoms with Gasteiger partial charge in [-0.3, -0.25) is 9.48 Å². The van der Waals surface area contributed by atoms with Crippen molar-refractivity contribution in [2.24, 2.45) is 5.73 Å². The Balaban J connectivity index is 2.13. The maximum absolute atomic E-state index is 11.5. The van der Waals surface area contributed by atoms with Crippen molar-refractivity contribution in [3.63, 3.8) is 0 Å². The molecule has 3 N–H and O–H groups in total. The molecule has 0 spiro atoms. The minimum atomic E-state index is -0.416. The standard InChI is InChI=1S/C14H18N4O/c1-9-11-3-2-4-12(14(15)19)13(11)17-18(9)10-5-7-16-8-6-10/h2-4,10,16H,5-8H2,1H3,(H2,15,19). The van der Waals surface area contributed by atoms with Crippen LogP contribution in [0.5, 0.6) is 0 Å². The first-order valence-corrected chi connectivity index (χ1v) is 6.67. The molecule has 0 saturated carbocycles. The second-order valence-corrected chi connectivity index (χ2v) is 5.08. The number of hydrogen-bond donors (Lipinski definition) is 2. The molecule has 0 unspecified atom stereocenters. The average molecular weight is 258 g/mol. The maximum atomic E-state index is 11.5. The lowest BCUT2D eigenvalue weighted by Crippen LogP contribution is -2.30. The minimum Gasteiger partial charge on any atom is -0.366 e. The zero-order chi connectivity index (χ0) is 13.4. The number of carbonyl (C=O) groups is 1. The SMILES string of the molecule is Cc1c2cccc(C(N)=O)c2nn1C1CCNCC1. The monoisotopic (exact) mass is 258 g/mol. The second kappa shape index (κ2) is 4.66. The lowest BCUT2D eigenvalue weighted by Gasteiger charge is -2.24. The minimum absolute atomic E-state index is 0.411. The molecule has 1 saturated heterocycles. The fraction of sp³-hybridized carbons (Fsp3) is 0.429. The van der Waals surface area contributed by atoms with Crippen LogP contribution in [-0.2, 0) is 0 Å². The highest BCUT2D eigenvalue weighted by Crippen LogP contribution is 2.27. The largest absolute Gasteiger partial charge is 0.366 e. The highest BCUT2D eigenvalue weighted by molar-refractivity contribution is 6.05. The summed E-state index contributed by atoms with van der Waals surface area (Å²) < 4.78 is 2.07. The first-order valence-electron chi connectivity index (χ1n) is 6.67. The van der Waals surface area contributed by atoms with Gasteiger partial charge in [0.1, 0.15) is 5.52 Å². The van der Waals surface area contributed by atoms with E-state index in [0.717, 1.165) is 42.5 Å².